The van der Waals surface area contributed by atoms with Gasteiger partial charge in [0.15, 0.2) is 5.82 Å². The largest absolute Gasteiger partial charge is 0.376 e. The highest BCUT2D eigenvalue weighted by atomic mass is 16.5. The van der Waals surface area contributed by atoms with Gasteiger partial charge in [0.2, 0.25) is 5.89 Å². The third kappa shape index (κ3) is 5.06. The number of carbonyl (C=O) groups is 1. The second-order valence-corrected chi connectivity index (χ2v) is 7.17. The molecule has 4 rings (SSSR count). The standard InChI is InChI=1S/C22H24N4O3/c27-22(18-8-4-11-23-14-18)26-12-5-9-19(15-26)21-24-20(25-29-21)10-13-28-16-17-6-2-1-3-7-17/h1-4,6-8,11,14,19H,5,9-10,12-13,15-16H2. The van der Waals surface area contributed by atoms with Crippen molar-refractivity contribution in [3.8, 4) is 0 Å². The number of carbonyl (C=O) groups excluding carboxylic acids is 1. The molecule has 0 bridgehead atoms. The summed E-state index contributed by atoms with van der Waals surface area (Å²) in [5, 5.41) is 4.08. The first-order chi connectivity index (χ1) is 14.3. The first-order valence-corrected chi connectivity index (χ1v) is 9.93. The highest BCUT2D eigenvalue weighted by molar-refractivity contribution is 5.93. The summed E-state index contributed by atoms with van der Waals surface area (Å²) in [6, 6.07) is 13.6. The number of hydrogen-bond acceptors (Lipinski definition) is 6. The molecule has 1 atom stereocenters. The fraction of sp³-hybridized carbons (Fsp3) is 0.364. The Labute approximate surface area is 169 Å². The summed E-state index contributed by atoms with van der Waals surface area (Å²) in [6.45, 7) is 2.42. The van der Waals surface area contributed by atoms with Crippen LogP contribution >= 0.6 is 0 Å². The molecule has 29 heavy (non-hydrogen) atoms. The van der Waals surface area contributed by atoms with Crippen LogP contribution in [-0.4, -0.2) is 45.6 Å². The molecule has 0 saturated carbocycles. The predicted molar refractivity (Wildman–Crippen MR) is 106 cm³/mol. The van der Waals surface area contributed by atoms with Crippen molar-refractivity contribution in [2.45, 2.75) is 31.8 Å². The highest BCUT2D eigenvalue weighted by Crippen LogP contribution is 2.26. The summed E-state index contributed by atoms with van der Waals surface area (Å²) < 4.78 is 11.2. The van der Waals surface area contributed by atoms with Gasteiger partial charge in [-0.25, -0.2) is 0 Å². The molecule has 3 aromatic rings. The summed E-state index contributed by atoms with van der Waals surface area (Å²) in [4.78, 5) is 23.1. The van der Waals surface area contributed by atoms with Crippen molar-refractivity contribution in [1.29, 1.82) is 0 Å². The SMILES string of the molecule is O=C(c1cccnc1)N1CCCC(c2nc(CCOCc3ccccc3)no2)C1. The Morgan fingerprint density at radius 1 is 1.21 bits per heavy atom. The molecule has 0 aliphatic carbocycles. The molecule has 1 saturated heterocycles. The molecule has 3 heterocycles. The number of likely N-dealkylation sites (tertiary alicyclic amines) is 1. The number of benzene rings is 1. The van der Waals surface area contributed by atoms with E-state index in [2.05, 4.69) is 15.1 Å². The number of nitrogens with zero attached hydrogens (tertiary/aromatic N) is 4. The van der Waals surface area contributed by atoms with Crippen LogP contribution in [0.2, 0.25) is 0 Å². The van der Waals surface area contributed by atoms with Crippen LogP contribution in [0, 0.1) is 0 Å². The van der Waals surface area contributed by atoms with Gasteiger partial charge in [-0.2, -0.15) is 4.98 Å². The topological polar surface area (TPSA) is 81.4 Å². The zero-order valence-corrected chi connectivity index (χ0v) is 16.2. The molecule has 1 unspecified atom stereocenters. The van der Waals surface area contributed by atoms with E-state index < -0.39 is 0 Å². The number of aromatic nitrogens is 3. The van der Waals surface area contributed by atoms with Crippen LogP contribution < -0.4 is 0 Å². The Kier molecular flexibility index (Phi) is 6.26. The molecule has 0 radical (unpaired) electrons. The van der Waals surface area contributed by atoms with Crippen molar-refractivity contribution in [1.82, 2.24) is 20.0 Å². The van der Waals surface area contributed by atoms with Crippen molar-refractivity contribution in [3.05, 3.63) is 77.7 Å². The van der Waals surface area contributed by atoms with Crippen molar-refractivity contribution < 1.29 is 14.1 Å². The monoisotopic (exact) mass is 392 g/mol. The Morgan fingerprint density at radius 3 is 2.93 bits per heavy atom. The molecule has 1 aliphatic heterocycles. The fourth-order valence-electron chi connectivity index (χ4n) is 3.50. The molecule has 2 aromatic heterocycles. The average Bonchev–Trinajstić information content (AvgIpc) is 3.27. The van der Waals surface area contributed by atoms with Gasteiger partial charge in [0.1, 0.15) is 0 Å². The first kappa shape index (κ1) is 19.3. The number of hydrogen-bond donors (Lipinski definition) is 0. The van der Waals surface area contributed by atoms with Gasteiger partial charge >= 0.3 is 0 Å². The van der Waals surface area contributed by atoms with Crippen LogP contribution in [-0.2, 0) is 17.8 Å². The maximum atomic E-state index is 12.7. The van der Waals surface area contributed by atoms with Gasteiger partial charge in [-0.05, 0) is 30.5 Å². The molecule has 7 heteroatoms. The second kappa shape index (κ2) is 9.43. The zero-order valence-electron chi connectivity index (χ0n) is 16.2. The average molecular weight is 392 g/mol. The van der Waals surface area contributed by atoms with Gasteiger partial charge in [-0.1, -0.05) is 35.5 Å². The lowest BCUT2D eigenvalue weighted by Crippen LogP contribution is -2.39. The zero-order chi connectivity index (χ0) is 19.9. The summed E-state index contributed by atoms with van der Waals surface area (Å²) in [7, 11) is 0. The number of piperidine rings is 1. The molecule has 0 spiro atoms. The Bertz CT molecular complexity index is 914. The Hall–Kier alpha value is -3.06. The van der Waals surface area contributed by atoms with E-state index >= 15 is 0 Å². The minimum Gasteiger partial charge on any atom is -0.376 e. The number of ether oxygens (including phenoxy) is 1. The summed E-state index contributed by atoms with van der Waals surface area (Å²) in [6.07, 6.45) is 5.71. The van der Waals surface area contributed by atoms with E-state index in [0.29, 0.717) is 43.5 Å². The van der Waals surface area contributed by atoms with Crippen LogP contribution in [0.25, 0.3) is 0 Å². The Balaban J connectivity index is 1.29. The normalized spacial score (nSPS) is 16.7. The van der Waals surface area contributed by atoms with Crippen LogP contribution in [0.15, 0.2) is 59.4 Å². The maximum Gasteiger partial charge on any atom is 0.255 e. The van der Waals surface area contributed by atoms with Gasteiger partial charge in [0.05, 0.1) is 24.7 Å². The smallest absolute Gasteiger partial charge is 0.255 e. The fourth-order valence-corrected chi connectivity index (χ4v) is 3.50. The molecular formula is C22H24N4O3. The lowest BCUT2D eigenvalue weighted by Gasteiger charge is -2.31. The van der Waals surface area contributed by atoms with E-state index in [4.69, 9.17) is 9.26 Å². The summed E-state index contributed by atoms with van der Waals surface area (Å²) in [5.41, 5.74) is 1.75. The van der Waals surface area contributed by atoms with E-state index in [-0.39, 0.29) is 11.8 Å². The van der Waals surface area contributed by atoms with Crippen LogP contribution in [0.4, 0.5) is 0 Å². The third-order valence-corrected chi connectivity index (χ3v) is 5.03. The van der Waals surface area contributed by atoms with Crippen molar-refractivity contribution in [2.24, 2.45) is 0 Å². The molecular weight excluding hydrogens is 368 g/mol. The van der Waals surface area contributed by atoms with E-state index in [1.807, 2.05) is 35.2 Å². The van der Waals surface area contributed by atoms with E-state index in [1.165, 1.54) is 0 Å². The summed E-state index contributed by atoms with van der Waals surface area (Å²) in [5.74, 6) is 1.31. The van der Waals surface area contributed by atoms with Crippen molar-refractivity contribution >= 4 is 5.91 Å². The van der Waals surface area contributed by atoms with Gasteiger partial charge in [-0.15, -0.1) is 0 Å². The molecule has 1 amide bonds. The number of pyridine rings is 1. The van der Waals surface area contributed by atoms with Crippen molar-refractivity contribution in [3.63, 3.8) is 0 Å². The minimum absolute atomic E-state index is 0.00292. The highest BCUT2D eigenvalue weighted by Gasteiger charge is 2.29. The van der Waals surface area contributed by atoms with Crippen LogP contribution in [0.3, 0.4) is 0 Å². The molecule has 7 nitrogen and oxygen atoms in total. The number of rotatable bonds is 7. The van der Waals surface area contributed by atoms with E-state index in [0.717, 1.165) is 24.9 Å². The Morgan fingerprint density at radius 2 is 2.10 bits per heavy atom. The van der Waals surface area contributed by atoms with Gasteiger partial charge < -0.3 is 14.2 Å². The molecule has 1 fully saturated rings. The van der Waals surface area contributed by atoms with E-state index in [9.17, 15) is 4.79 Å². The van der Waals surface area contributed by atoms with Crippen molar-refractivity contribution in [2.75, 3.05) is 19.7 Å². The molecule has 0 N–H and O–H groups in total. The predicted octanol–water partition coefficient (Wildman–Crippen LogP) is 3.24. The van der Waals surface area contributed by atoms with Crippen LogP contribution in [0.5, 0.6) is 0 Å². The molecule has 150 valence electrons. The first-order valence-electron chi connectivity index (χ1n) is 9.93. The number of amides is 1. The van der Waals surface area contributed by atoms with Gasteiger partial charge in [-0.3, -0.25) is 9.78 Å². The van der Waals surface area contributed by atoms with Gasteiger partial charge in [0, 0.05) is 31.9 Å². The third-order valence-electron chi connectivity index (χ3n) is 5.03. The quantitative estimate of drug-likeness (QED) is 0.574. The maximum absolute atomic E-state index is 12.7. The van der Waals surface area contributed by atoms with E-state index in [1.54, 1.807) is 24.5 Å². The lowest BCUT2D eigenvalue weighted by atomic mass is 9.97. The minimum atomic E-state index is -0.00292. The molecule has 1 aliphatic rings. The lowest BCUT2D eigenvalue weighted by molar-refractivity contribution is 0.0695. The van der Waals surface area contributed by atoms with Crippen LogP contribution in [0.1, 0.15) is 46.4 Å². The summed E-state index contributed by atoms with van der Waals surface area (Å²) >= 11 is 0. The molecule has 1 aromatic carbocycles. The van der Waals surface area contributed by atoms with Gasteiger partial charge in [0.25, 0.3) is 5.91 Å². The second-order valence-electron chi connectivity index (χ2n) is 7.17.